The van der Waals surface area contributed by atoms with Gasteiger partial charge in [-0.15, -0.1) is 0 Å². The van der Waals surface area contributed by atoms with Crippen LogP contribution in [0.4, 0.5) is 26.3 Å². The molecule has 0 radical (unpaired) electrons. The fourth-order valence-electron chi connectivity index (χ4n) is 1.89. The van der Waals surface area contributed by atoms with E-state index in [9.17, 15) is 26.3 Å². The zero-order chi connectivity index (χ0) is 16.7. The predicted molar refractivity (Wildman–Crippen MR) is 71.8 cm³/mol. The van der Waals surface area contributed by atoms with E-state index in [0.29, 0.717) is 0 Å². The zero-order valence-corrected chi connectivity index (χ0v) is 12.5. The molecular weight excluding hydrogens is 294 g/mol. The molecule has 0 aromatic rings. The monoisotopic (exact) mass is 316 g/mol. The van der Waals surface area contributed by atoms with E-state index in [1.165, 1.54) is 0 Å². The maximum absolute atomic E-state index is 12.3. The summed E-state index contributed by atoms with van der Waals surface area (Å²) < 4.78 is 74.1. The van der Waals surface area contributed by atoms with Crippen LogP contribution >= 0.6 is 0 Å². The summed E-state index contributed by atoms with van der Waals surface area (Å²) in [4.78, 5) is 0. The topological polar surface area (TPSA) is 0 Å². The van der Waals surface area contributed by atoms with Gasteiger partial charge in [-0.3, -0.25) is 0 Å². The molecule has 0 unspecified atom stereocenters. The van der Waals surface area contributed by atoms with Gasteiger partial charge in [-0.05, 0) is 38.0 Å². The van der Waals surface area contributed by atoms with E-state index in [4.69, 9.17) is 0 Å². The molecule has 0 fully saturated rings. The van der Waals surface area contributed by atoms with Gasteiger partial charge < -0.3 is 0 Å². The van der Waals surface area contributed by atoms with Crippen molar-refractivity contribution in [1.29, 1.82) is 0 Å². The van der Waals surface area contributed by atoms with Crippen molar-refractivity contribution in [2.75, 3.05) is 0 Å². The van der Waals surface area contributed by atoms with E-state index in [1.807, 2.05) is 32.9 Å². The number of hydrogen-bond donors (Lipinski definition) is 0. The van der Waals surface area contributed by atoms with Crippen LogP contribution in [0.15, 0.2) is 24.3 Å². The molecule has 0 aliphatic heterocycles. The molecule has 0 rings (SSSR count). The first-order chi connectivity index (χ1) is 9.40. The lowest BCUT2D eigenvalue weighted by atomic mass is 9.83. The molecule has 0 aromatic carbocycles. The number of hydrogen-bond acceptors (Lipinski definition) is 0. The molecule has 21 heavy (non-hydrogen) atoms. The minimum Gasteiger partial charge on any atom is -0.170 e. The normalized spacial score (nSPS) is 14.8. The summed E-state index contributed by atoms with van der Waals surface area (Å²) in [6.45, 7) is 5.56. The second-order valence-electron chi connectivity index (χ2n) is 5.82. The van der Waals surface area contributed by atoms with Crippen molar-refractivity contribution >= 4 is 0 Å². The standard InChI is InChI=1S/C15H22F6/c1-4-5-6-7-10-13(2,3)11-8-9-12(14(16,17)18)15(19,20)21/h4-5,8-9,12H,6-7,10-11H2,1-3H3/b5-4+,9-8-. The van der Waals surface area contributed by atoms with Crippen LogP contribution < -0.4 is 0 Å². The number of unbranched alkanes of at least 4 members (excludes halogenated alkanes) is 1. The van der Waals surface area contributed by atoms with E-state index >= 15 is 0 Å². The van der Waals surface area contributed by atoms with Crippen LogP contribution in [0.2, 0.25) is 0 Å². The molecule has 0 amide bonds. The third-order valence-electron chi connectivity index (χ3n) is 3.16. The Bertz CT molecular complexity index is 332. The minimum atomic E-state index is -5.30. The summed E-state index contributed by atoms with van der Waals surface area (Å²) in [6, 6.07) is 0. The van der Waals surface area contributed by atoms with Gasteiger partial charge in [0, 0.05) is 0 Å². The summed E-state index contributed by atoms with van der Waals surface area (Å²) in [5.41, 5.74) is -0.320. The molecule has 6 heteroatoms. The quantitative estimate of drug-likeness (QED) is 0.288. The molecule has 0 saturated carbocycles. The Morgan fingerprint density at radius 3 is 1.86 bits per heavy atom. The first-order valence-corrected chi connectivity index (χ1v) is 6.81. The molecule has 0 atom stereocenters. The highest BCUT2D eigenvalue weighted by atomic mass is 19.4. The third-order valence-corrected chi connectivity index (χ3v) is 3.16. The van der Waals surface area contributed by atoms with Gasteiger partial charge in [0.25, 0.3) is 0 Å². The maximum Gasteiger partial charge on any atom is 0.403 e. The molecular formula is C15H22F6. The highest BCUT2D eigenvalue weighted by Crippen LogP contribution is 2.40. The van der Waals surface area contributed by atoms with E-state index in [1.54, 1.807) is 0 Å². The van der Waals surface area contributed by atoms with Crippen LogP contribution in [0.25, 0.3) is 0 Å². The van der Waals surface area contributed by atoms with Crippen molar-refractivity contribution in [2.24, 2.45) is 11.3 Å². The Morgan fingerprint density at radius 1 is 0.905 bits per heavy atom. The van der Waals surface area contributed by atoms with Gasteiger partial charge in [-0.2, -0.15) is 26.3 Å². The lowest BCUT2D eigenvalue weighted by Gasteiger charge is -2.24. The van der Waals surface area contributed by atoms with Crippen molar-refractivity contribution in [1.82, 2.24) is 0 Å². The van der Waals surface area contributed by atoms with Crippen molar-refractivity contribution in [2.45, 2.75) is 58.8 Å². The first-order valence-electron chi connectivity index (χ1n) is 6.81. The molecule has 0 saturated heterocycles. The van der Waals surface area contributed by atoms with E-state index in [-0.39, 0.29) is 17.9 Å². The molecule has 0 heterocycles. The van der Waals surface area contributed by atoms with Crippen LogP contribution in [0.1, 0.15) is 46.5 Å². The fraction of sp³-hybridized carbons (Fsp3) is 0.733. The number of allylic oxidation sites excluding steroid dienone is 4. The van der Waals surface area contributed by atoms with Crippen LogP contribution in [0, 0.1) is 11.3 Å². The van der Waals surface area contributed by atoms with Crippen LogP contribution in [-0.4, -0.2) is 12.4 Å². The van der Waals surface area contributed by atoms with Crippen LogP contribution in [-0.2, 0) is 0 Å². The van der Waals surface area contributed by atoms with Crippen LogP contribution in [0.3, 0.4) is 0 Å². The Hall–Kier alpha value is -0.940. The van der Waals surface area contributed by atoms with Gasteiger partial charge in [-0.1, -0.05) is 38.2 Å². The van der Waals surface area contributed by atoms with Crippen molar-refractivity contribution < 1.29 is 26.3 Å². The average molecular weight is 316 g/mol. The predicted octanol–water partition coefficient (Wildman–Crippen LogP) is 6.45. The van der Waals surface area contributed by atoms with Crippen molar-refractivity contribution in [3.05, 3.63) is 24.3 Å². The minimum absolute atomic E-state index is 0.186. The number of halogens is 6. The first kappa shape index (κ1) is 20.1. The molecule has 0 nitrogen and oxygen atoms in total. The Labute approximate surface area is 121 Å². The summed E-state index contributed by atoms with van der Waals surface area (Å²) >= 11 is 0. The molecule has 0 bridgehead atoms. The van der Waals surface area contributed by atoms with Gasteiger partial charge in [0.15, 0.2) is 5.92 Å². The van der Waals surface area contributed by atoms with E-state index < -0.39 is 18.3 Å². The van der Waals surface area contributed by atoms with Gasteiger partial charge >= 0.3 is 12.4 Å². The van der Waals surface area contributed by atoms with Gasteiger partial charge in [0.05, 0.1) is 0 Å². The third kappa shape index (κ3) is 8.83. The van der Waals surface area contributed by atoms with Gasteiger partial charge in [0.2, 0.25) is 0 Å². The zero-order valence-electron chi connectivity index (χ0n) is 12.5. The summed E-state index contributed by atoms with van der Waals surface area (Å²) in [6.07, 6.45) is -2.84. The summed E-state index contributed by atoms with van der Waals surface area (Å²) in [5, 5.41) is 0. The lowest BCUT2D eigenvalue weighted by molar-refractivity contribution is -0.267. The van der Waals surface area contributed by atoms with Gasteiger partial charge in [-0.25, -0.2) is 0 Å². The molecule has 0 aliphatic rings. The summed E-state index contributed by atoms with van der Waals surface area (Å²) in [5.74, 6) is -3.39. The van der Waals surface area contributed by atoms with E-state index in [0.717, 1.165) is 25.3 Å². The molecule has 0 aliphatic carbocycles. The molecule has 0 aromatic heterocycles. The largest absolute Gasteiger partial charge is 0.403 e. The molecule has 0 spiro atoms. The number of rotatable bonds is 7. The van der Waals surface area contributed by atoms with Crippen molar-refractivity contribution in [3.8, 4) is 0 Å². The van der Waals surface area contributed by atoms with Crippen LogP contribution in [0.5, 0.6) is 0 Å². The Morgan fingerprint density at radius 2 is 1.43 bits per heavy atom. The van der Waals surface area contributed by atoms with Crippen molar-refractivity contribution in [3.63, 3.8) is 0 Å². The maximum atomic E-state index is 12.3. The highest BCUT2D eigenvalue weighted by Gasteiger charge is 2.54. The second-order valence-corrected chi connectivity index (χ2v) is 5.82. The average Bonchev–Trinajstić information content (AvgIpc) is 2.27. The molecule has 0 N–H and O–H groups in total. The Balaban J connectivity index is 4.57. The smallest absolute Gasteiger partial charge is 0.170 e. The molecule has 124 valence electrons. The fourth-order valence-corrected chi connectivity index (χ4v) is 1.89. The summed E-state index contributed by atoms with van der Waals surface area (Å²) in [7, 11) is 0. The Kier molecular flexibility index (Phi) is 7.54. The lowest BCUT2D eigenvalue weighted by Crippen LogP contribution is -2.34. The SMILES string of the molecule is C/C=C/CCCC(C)(C)C/C=C\C(C(F)(F)F)C(F)(F)F. The van der Waals surface area contributed by atoms with Gasteiger partial charge in [0.1, 0.15) is 0 Å². The van der Waals surface area contributed by atoms with E-state index in [2.05, 4.69) is 0 Å². The second kappa shape index (κ2) is 7.90. The number of alkyl halides is 6. The highest BCUT2D eigenvalue weighted by molar-refractivity contribution is 4.98.